The van der Waals surface area contributed by atoms with Crippen molar-refractivity contribution in [2.45, 2.75) is 12.8 Å². The van der Waals surface area contributed by atoms with Gasteiger partial charge in [0.25, 0.3) is 0 Å². The molecule has 3 aliphatic rings. The minimum absolute atomic E-state index is 0.889. The number of rotatable bonds is 0. The van der Waals surface area contributed by atoms with E-state index in [1.165, 1.54) is 42.4 Å². The number of fused-ring (bicyclic) bond motifs is 3. The molecular formula is C8H15BN+. The van der Waals surface area contributed by atoms with Gasteiger partial charge in [-0.05, 0) is 11.5 Å². The lowest BCUT2D eigenvalue weighted by atomic mass is 9.80. The normalized spacial score (nSPS) is 46.0. The number of hydrogen-bond acceptors (Lipinski definition) is 0. The quantitative estimate of drug-likeness (QED) is 0.332. The standard InChI is InChI=1S/C8H15BN/c1-7-6-10(9)4-2-8(7)3-5-10/h8H,1-6,9H2/q+1. The van der Waals surface area contributed by atoms with Crippen LogP contribution in [0.3, 0.4) is 0 Å². The second-order valence-corrected chi connectivity index (χ2v) is 4.16. The monoisotopic (exact) mass is 136 g/mol. The van der Waals surface area contributed by atoms with Crippen molar-refractivity contribution < 1.29 is 4.39 Å². The van der Waals surface area contributed by atoms with Crippen LogP contribution in [0.15, 0.2) is 12.2 Å². The zero-order valence-electron chi connectivity index (χ0n) is 6.77. The van der Waals surface area contributed by atoms with Crippen molar-refractivity contribution in [2.75, 3.05) is 19.6 Å². The Bertz CT molecular complexity index is 168. The van der Waals surface area contributed by atoms with Crippen LogP contribution < -0.4 is 0 Å². The molecule has 0 unspecified atom stereocenters. The van der Waals surface area contributed by atoms with Gasteiger partial charge >= 0.3 is 7.98 Å². The number of hydrogen-bond donors (Lipinski definition) is 0. The predicted octanol–water partition coefficient (Wildman–Crippen LogP) is 0.331. The van der Waals surface area contributed by atoms with Crippen LogP contribution in [-0.2, 0) is 0 Å². The summed E-state index contributed by atoms with van der Waals surface area (Å²) in [6.45, 7) is 8.17. The Labute approximate surface area is 63.7 Å². The van der Waals surface area contributed by atoms with Crippen LogP contribution >= 0.6 is 0 Å². The van der Waals surface area contributed by atoms with Crippen molar-refractivity contribution in [3.63, 3.8) is 0 Å². The average Bonchev–Trinajstić information content (AvgIpc) is 1.87. The molecule has 0 saturated carbocycles. The van der Waals surface area contributed by atoms with Gasteiger partial charge < -0.3 is 4.39 Å². The van der Waals surface area contributed by atoms with Crippen molar-refractivity contribution in [3.05, 3.63) is 12.2 Å². The van der Waals surface area contributed by atoms with Crippen LogP contribution in [0.1, 0.15) is 12.8 Å². The molecule has 3 rings (SSSR count). The minimum atomic E-state index is 0.889. The molecule has 10 heavy (non-hydrogen) atoms. The maximum Gasteiger partial charge on any atom is 0.373 e. The Morgan fingerprint density at radius 1 is 1.40 bits per heavy atom. The highest BCUT2D eigenvalue weighted by Gasteiger charge is 2.37. The fourth-order valence-electron chi connectivity index (χ4n) is 2.38. The van der Waals surface area contributed by atoms with E-state index in [4.69, 9.17) is 0 Å². The SMILES string of the molecule is B[N+]12CCC(CC1)C(=C)C2. The molecule has 3 fully saturated rings. The summed E-state index contributed by atoms with van der Waals surface area (Å²) in [4.78, 5) is 0. The van der Waals surface area contributed by atoms with E-state index >= 15 is 0 Å². The van der Waals surface area contributed by atoms with Gasteiger partial charge in [-0.2, -0.15) is 0 Å². The fraction of sp³-hybridized carbons (Fsp3) is 0.750. The van der Waals surface area contributed by atoms with Crippen LogP contribution in [0.25, 0.3) is 0 Å². The zero-order valence-corrected chi connectivity index (χ0v) is 6.77. The first kappa shape index (κ1) is 6.47. The van der Waals surface area contributed by atoms with Gasteiger partial charge in [0.05, 0.1) is 19.6 Å². The first-order chi connectivity index (χ1) is 4.70. The van der Waals surface area contributed by atoms with Crippen LogP contribution in [0, 0.1) is 5.92 Å². The molecule has 0 amide bonds. The number of nitrogens with zero attached hydrogens (tertiary/aromatic N) is 1. The first-order valence-electron chi connectivity index (χ1n) is 4.21. The largest absolute Gasteiger partial charge is 0.396 e. The summed E-state index contributed by atoms with van der Waals surface area (Å²) in [7, 11) is 2.36. The Morgan fingerprint density at radius 3 is 2.30 bits per heavy atom. The van der Waals surface area contributed by atoms with E-state index in [1.807, 2.05) is 0 Å². The second kappa shape index (κ2) is 1.88. The summed E-state index contributed by atoms with van der Waals surface area (Å²) in [6.07, 6.45) is 2.80. The van der Waals surface area contributed by atoms with Crippen molar-refractivity contribution in [1.29, 1.82) is 0 Å². The summed E-state index contributed by atoms with van der Waals surface area (Å²) >= 11 is 0. The van der Waals surface area contributed by atoms with Crippen LogP contribution in [0.2, 0.25) is 0 Å². The van der Waals surface area contributed by atoms with Crippen LogP contribution in [0.5, 0.6) is 0 Å². The third-order valence-electron chi connectivity index (χ3n) is 3.20. The zero-order chi connectivity index (χ0) is 7.19. The van der Waals surface area contributed by atoms with Crippen molar-refractivity contribution in [1.82, 2.24) is 0 Å². The predicted molar refractivity (Wildman–Crippen MR) is 45.3 cm³/mol. The number of quaternary nitrogens is 1. The van der Waals surface area contributed by atoms with Gasteiger partial charge in [-0.1, -0.05) is 6.58 Å². The molecule has 0 aliphatic carbocycles. The van der Waals surface area contributed by atoms with Gasteiger partial charge in [0.1, 0.15) is 0 Å². The van der Waals surface area contributed by atoms with Crippen molar-refractivity contribution >= 4 is 7.98 Å². The first-order valence-corrected chi connectivity index (χ1v) is 4.21. The Kier molecular flexibility index (Phi) is 1.22. The topological polar surface area (TPSA) is 0 Å². The van der Waals surface area contributed by atoms with Gasteiger partial charge in [0, 0.05) is 12.8 Å². The molecular weight excluding hydrogens is 121 g/mol. The van der Waals surface area contributed by atoms with E-state index in [9.17, 15) is 0 Å². The Hall–Kier alpha value is -0.235. The van der Waals surface area contributed by atoms with E-state index in [0.29, 0.717) is 0 Å². The molecule has 0 radical (unpaired) electrons. The summed E-state index contributed by atoms with van der Waals surface area (Å²) in [5.74, 6) is 0.889. The maximum absolute atomic E-state index is 4.13. The van der Waals surface area contributed by atoms with E-state index in [1.54, 1.807) is 0 Å². The van der Waals surface area contributed by atoms with E-state index in [2.05, 4.69) is 14.6 Å². The van der Waals surface area contributed by atoms with Gasteiger partial charge in [-0.3, -0.25) is 0 Å². The molecule has 0 aromatic carbocycles. The third-order valence-corrected chi connectivity index (χ3v) is 3.20. The van der Waals surface area contributed by atoms with E-state index in [-0.39, 0.29) is 0 Å². The lowest BCUT2D eigenvalue weighted by molar-refractivity contribution is -0.827. The molecule has 1 nitrogen and oxygen atoms in total. The second-order valence-electron chi connectivity index (χ2n) is 4.16. The number of piperidine rings is 3. The van der Waals surface area contributed by atoms with Gasteiger partial charge in [0.15, 0.2) is 0 Å². The molecule has 3 saturated heterocycles. The lowest BCUT2D eigenvalue weighted by Crippen LogP contribution is -2.57. The third kappa shape index (κ3) is 0.824. The molecule has 3 heterocycles. The van der Waals surface area contributed by atoms with E-state index < -0.39 is 0 Å². The maximum atomic E-state index is 4.13. The summed E-state index contributed by atoms with van der Waals surface area (Å²) in [5, 5.41) is 0. The van der Waals surface area contributed by atoms with Gasteiger partial charge in [-0.15, -0.1) is 0 Å². The fourth-order valence-corrected chi connectivity index (χ4v) is 2.38. The summed E-state index contributed by atoms with van der Waals surface area (Å²) in [5.41, 5.74) is 1.51. The average molecular weight is 136 g/mol. The van der Waals surface area contributed by atoms with Crippen molar-refractivity contribution in [3.8, 4) is 0 Å². The molecule has 0 aromatic heterocycles. The van der Waals surface area contributed by atoms with Crippen LogP contribution in [-0.4, -0.2) is 32.0 Å². The molecule has 0 atom stereocenters. The molecule has 2 heteroatoms. The molecule has 0 aromatic rings. The summed E-state index contributed by atoms with van der Waals surface area (Å²) in [6, 6.07) is 0. The molecule has 0 spiro atoms. The van der Waals surface area contributed by atoms with Crippen LogP contribution in [0.4, 0.5) is 0 Å². The highest BCUT2D eigenvalue weighted by atomic mass is 15.3. The van der Waals surface area contributed by atoms with Gasteiger partial charge in [-0.25, -0.2) is 0 Å². The smallest absolute Gasteiger partial charge is 0.373 e. The van der Waals surface area contributed by atoms with E-state index in [0.717, 1.165) is 5.92 Å². The Morgan fingerprint density at radius 2 is 2.00 bits per heavy atom. The highest BCUT2D eigenvalue weighted by molar-refractivity contribution is 5.97. The molecule has 3 aliphatic heterocycles. The van der Waals surface area contributed by atoms with Gasteiger partial charge in [0.2, 0.25) is 0 Å². The van der Waals surface area contributed by atoms with Crippen molar-refractivity contribution in [2.24, 2.45) is 5.92 Å². The Balaban J connectivity index is 2.22. The molecule has 0 N–H and O–H groups in total. The molecule has 54 valence electrons. The minimum Gasteiger partial charge on any atom is -0.396 e. The summed E-state index contributed by atoms with van der Waals surface area (Å²) < 4.78 is 1.27. The lowest BCUT2D eigenvalue weighted by Gasteiger charge is -2.49. The molecule has 2 bridgehead atoms. The highest BCUT2D eigenvalue weighted by Crippen LogP contribution is 2.34.